The summed E-state index contributed by atoms with van der Waals surface area (Å²) >= 11 is 9.43. The summed E-state index contributed by atoms with van der Waals surface area (Å²) < 4.78 is 6.72. The highest BCUT2D eigenvalue weighted by atomic mass is 79.9. The number of hydrogen-bond acceptors (Lipinski definition) is 4. The molecule has 2 aromatic carbocycles. The molecular formula is C20H22BrClN2O2. The Kier molecular flexibility index (Phi) is 6.70. The molecule has 4 nitrogen and oxygen atoms in total. The number of rotatable bonds is 7. The molecular weight excluding hydrogens is 416 g/mol. The molecule has 26 heavy (non-hydrogen) atoms. The number of hydrogen-bond donors (Lipinski definition) is 1. The second-order valence-electron chi connectivity index (χ2n) is 6.60. The van der Waals surface area contributed by atoms with Gasteiger partial charge in [-0.15, -0.1) is 0 Å². The van der Waals surface area contributed by atoms with Crippen molar-refractivity contribution in [1.29, 1.82) is 0 Å². The zero-order valence-corrected chi connectivity index (χ0v) is 16.8. The normalized spacial score (nSPS) is 17.4. The first-order chi connectivity index (χ1) is 12.5. The van der Waals surface area contributed by atoms with Crippen molar-refractivity contribution in [2.24, 2.45) is 11.7 Å². The lowest BCUT2D eigenvalue weighted by atomic mass is 10.1. The van der Waals surface area contributed by atoms with Gasteiger partial charge in [0.25, 0.3) is 0 Å². The van der Waals surface area contributed by atoms with Crippen molar-refractivity contribution in [3.05, 3.63) is 63.1 Å². The van der Waals surface area contributed by atoms with E-state index in [-0.39, 0.29) is 5.78 Å². The van der Waals surface area contributed by atoms with E-state index in [1.54, 1.807) is 0 Å². The van der Waals surface area contributed by atoms with Gasteiger partial charge < -0.3 is 10.5 Å². The predicted octanol–water partition coefficient (Wildman–Crippen LogP) is 4.14. The number of Topliss-reactive ketones (excluding diaryl/α,β-unsaturated/α-hetero) is 1. The maximum atomic E-state index is 12.4. The summed E-state index contributed by atoms with van der Waals surface area (Å²) in [6, 6.07) is 12.9. The van der Waals surface area contributed by atoms with E-state index in [9.17, 15) is 4.79 Å². The summed E-state index contributed by atoms with van der Waals surface area (Å²) in [4.78, 5) is 14.6. The first kappa shape index (κ1) is 19.4. The van der Waals surface area contributed by atoms with Gasteiger partial charge in [-0.2, -0.15) is 0 Å². The fraction of sp³-hybridized carbons (Fsp3) is 0.350. The van der Waals surface area contributed by atoms with E-state index < -0.39 is 0 Å². The summed E-state index contributed by atoms with van der Waals surface area (Å²) in [7, 11) is 0. The minimum absolute atomic E-state index is 0.134. The number of nitrogens with two attached hydrogens (primary N) is 1. The van der Waals surface area contributed by atoms with Crippen LogP contribution in [0.15, 0.2) is 46.9 Å². The average Bonchev–Trinajstić information content (AvgIpc) is 3.09. The van der Waals surface area contributed by atoms with Crippen molar-refractivity contribution in [3.8, 4) is 5.75 Å². The molecule has 2 N–H and O–H groups in total. The fourth-order valence-corrected chi connectivity index (χ4v) is 3.88. The highest BCUT2D eigenvalue weighted by Crippen LogP contribution is 2.23. The Balaban J connectivity index is 1.53. The molecule has 1 heterocycles. The minimum atomic E-state index is 0.134. The van der Waals surface area contributed by atoms with Gasteiger partial charge in [0.2, 0.25) is 0 Å². The lowest BCUT2D eigenvalue weighted by Crippen LogP contribution is -2.29. The first-order valence-electron chi connectivity index (χ1n) is 8.67. The molecule has 0 aliphatic carbocycles. The number of halogens is 2. The van der Waals surface area contributed by atoms with E-state index in [0.29, 0.717) is 36.2 Å². The topological polar surface area (TPSA) is 55.6 Å². The van der Waals surface area contributed by atoms with Gasteiger partial charge in [0.15, 0.2) is 5.78 Å². The minimum Gasteiger partial charge on any atom is -0.489 e. The van der Waals surface area contributed by atoms with Gasteiger partial charge in [-0.05, 0) is 61.8 Å². The second kappa shape index (κ2) is 9.00. The quantitative estimate of drug-likeness (QED) is 0.661. The van der Waals surface area contributed by atoms with Gasteiger partial charge in [-0.25, -0.2) is 0 Å². The fourth-order valence-electron chi connectivity index (χ4n) is 3.08. The third kappa shape index (κ3) is 5.07. The van der Waals surface area contributed by atoms with Crippen LogP contribution < -0.4 is 10.5 Å². The largest absolute Gasteiger partial charge is 0.489 e. The Morgan fingerprint density at radius 1 is 1.27 bits per heavy atom. The number of nitrogens with zero attached hydrogens (tertiary/aromatic N) is 1. The van der Waals surface area contributed by atoms with Crippen molar-refractivity contribution >= 4 is 33.3 Å². The molecule has 1 atom stereocenters. The van der Waals surface area contributed by atoms with Crippen LogP contribution in [0, 0.1) is 5.92 Å². The lowest BCUT2D eigenvalue weighted by molar-refractivity contribution is 0.0943. The number of ether oxygens (including phenoxy) is 1. The van der Waals surface area contributed by atoms with Crippen molar-refractivity contribution in [1.82, 2.24) is 4.90 Å². The van der Waals surface area contributed by atoms with E-state index in [4.69, 9.17) is 22.1 Å². The Morgan fingerprint density at radius 2 is 2.04 bits per heavy atom. The number of ketones is 1. The van der Waals surface area contributed by atoms with Crippen LogP contribution in [-0.2, 0) is 6.61 Å². The standard InChI is InChI=1S/C20H22BrClN2O2/c21-19-9-17(22)4-1-16(19)13-26-18-5-2-15(3-6-18)20(25)12-24-8-7-14(10-23)11-24/h1-6,9,14H,7-8,10-13,23H2. The van der Waals surface area contributed by atoms with Crippen LogP contribution >= 0.6 is 27.5 Å². The molecule has 3 rings (SSSR count). The average molecular weight is 438 g/mol. The van der Waals surface area contributed by atoms with Gasteiger partial charge >= 0.3 is 0 Å². The Hall–Kier alpha value is -1.40. The molecule has 6 heteroatoms. The predicted molar refractivity (Wildman–Crippen MR) is 108 cm³/mol. The van der Waals surface area contributed by atoms with E-state index in [1.807, 2.05) is 42.5 Å². The molecule has 1 fully saturated rings. The van der Waals surface area contributed by atoms with Crippen LogP contribution in [0.4, 0.5) is 0 Å². The van der Waals surface area contributed by atoms with E-state index >= 15 is 0 Å². The molecule has 0 spiro atoms. The zero-order chi connectivity index (χ0) is 18.5. The molecule has 1 unspecified atom stereocenters. The summed E-state index contributed by atoms with van der Waals surface area (Å²) in [5.74, 6) is 1.38. The molecule has 0 bridgehead atoms. The third-order valence-electron chi connectivity index (χ3n) is 4.66. The Morgan fingerprint density at radius 3 is 2.69 bits per heavy atom. The number of carbonyl (C=O) groups is 1. The monoisotopic (exact) mass is 436 g/mol. The summed E-state index contributed by atoms with van der Waals surface area (Å²) in [5, 5.41) is 0.680. The molecule has 1 aliphatic rings. The Bertz CT molecular complexity index is 767. The summed E-state index contributed by atoms with van der Waals surface area (Å²) in [5.41, 5.74) is 7.43. The zero-order valence-electron chi connectivity index (χ0n) is 14.5. The van der Waals surface area contributed by atoms with Gasteiger partial charge in [0, 0.05) is 27.2 Å². The maximum Gasteiger partial charge on any atom is 0.176 e. The molecule has 0 amide bonds. The van der Waals surface area contributed by atoms with Crippen molar-refractivity contribution < 1.29 is 9.53 Å². The summed E-state index contributed by atoms with van der Waals surface area (Å²) in [6.45, 7) is 3.44. The first-order valence-corrected chi connectivity index (χ1v) is 9.84. The van der Waals surface area contributed by atoms with Gasteiger partial charge in [0.05, 0.1) is 6.54 Å². The third-order valence-corrected chi connectivity index (χ3v) is 5.63. The van der Waals surface area contributed by atoms with Crippen LogP contribution in [0.2, 0.25) is 5.02 Å². The molecule has 1 saturated heterocycles. The molecule has 0 saturated carbocycles. The van der Waals surface area contributed by atoms with Gasteiger partial charge in [-0.3, -0.25) is 9.69 Å². The van der Waals surface area contributed by atoms with E-state index in [1.165, 1.54) is 0 Å². The lowest BCUT2D eigenvalue weighted by Gasteiger charge is -2.15. The number of benzene rings is 2. The molecule has 0 aromatic heterocycles. The van der Waals surface area contributed by atoms with Crippen LogP contribution in [0.5, 0.6) is 5.75 Å². The van der Waals surface area contributed by atoms with E-state index in [0.717, 1.165) is 35.3 Å². The highest BCUT2D eigenvalue weighted by molar-refractivity contribution is 9.10. The van der Waals surface area contributed by atoms with Crippen molar-refractivity contribution in [2.45, 2.75) is 13.0 Å². The van der Waals surface area contributed by atoms with Gasteiger partial charge in [-0.1, -0.05) is 33.6 Å². The van der Waals surface area contributed by atoms with E-state index in [2.05, 4.69) is 20.8 Å². The molecule has 0 radical (unpaired) electrons. The van der Waals surface area contributed by atoms with Crippen LogP contribution in [0.25, 0.3) is 0 Å². The second-order valence-corrected chi connectivity index (χ2v) is 7.89. The molecule has 138 valence electrons. The van der Waals surface area contributed by atoms with Crippen LogP contribution in [-0.4, -0.2) is 36.9 Å². The number of likely N-dealkylation sites (tertiary alicyclic amines) is 1. The maximum absolute atomic E-state index is 12.4. The molecule has 2 aromatic rings. The molecule has 1 aliphatic heterocycles. The number of carbonyl (C=O) groups excluding carboxylic acids is 1. The highest BCUT2D eigenvalue weighted by Gasteiger charge is 2.23. The van der Waals surface area contributed by atoms with Crippen molar-refractivity contribution in [2.75, 3.05) is 26.2 Å². The smallest absolute Gasteiger partial charge is 0.176 e. The van der Waals surface area contributed by atoms with Crippen molar-refractivity contribution in [3.63, 3.8) is 0 Å². The van der Waals surface area contributed by atoms with Crippen LogP contribution in [0.3, 0.4) is 0 Å². The Labute approximate surface area is 167 Å². The van der Waals surface area contributed by atoms with Gasteiger partial charge in [0.1, 0.15) is 12.4 Å². The SMILES string of the molecule is NCC1CCN(CC(=O)c2ccc(OCc3ccc(Cl)cc3Br)cc2)C1. The summed E-state index contributed by atoms with van der Waals surface area (Å²) in [6.07, 6.45) is 1.08. The van der Waals surface area contributed by atoms with Crippen LogP contribution in [0.1, 0.15) is 22.3 Å².